The van der Waals surface area contributed by atoms with Crippen LogP contribution in [0.4, 0.5) is 5.69 Å². The number of rotatable bonds is 9. The maximum absolute atomic E-state index is 13.4. The summed E-state index contributed by atoms with van der Waals surface area (Å²) in [6.45, 7) is 8.98. The molecule has 33 heavy (non-hydrogen) atoms. The van der Waals surface area contributed by atoms with Gasteiger partial charge >= 0.3 is 0 Å². The smallest absolute Gasteiger partial charge is 0.278 e. The van der Waals surface area contributed by atoms with Crippen LogP contribution in [0.3, 0.4) is 0 Å². The second-order valence-corrected chi connectivity index (χ2v) is 8.27. The summed E-state index contributed by atoms with van der Waals surface area (Å²) in [6, 6.07) is 15.1. The quantitative estimate of drug-likeness (QED) is 0.593. The Morgan fingerprint density at radius 1 is 0.939 bits per heavy atom. The number of carbonyl (C=O) groups excluding carboxylic acids is 2. The SMILES string of the molecule is CCOc1ccc(NC2=C(c3ccc(C)cc3)C(=O)N(CCCN3CCOCC3)C2=O)cc1. The Hall–Kier alpha value is -3.16. The standard InChI is InChI=1S/C26H31N3O4/c1-3-33-22-11-9-21(10-12-22)27-24-23(20-7-5-19(2)6-8-20)25(30)29(26(24)31)14-4-13-28-15-17-32-18-16-28/h5-12,27H,3-4,13-18H2,1-2H3. The van der Waals surface area contributed by atoms with Crippen LogP contribution >= 0.6 is 0 Å². The normalized spacial score (nSPS) is 17.1. The molecule has 1 N–H and O–H groups in total. The molecule has 2 aromatic carbocycles. The zero-order valence-corrected chi connectivity index (χ0v) is 19.3. The number of hydrogen-bond acceptors (Lipinski definition) is 6. The van der Waals surface area contributed by atoms with Crippen molar-refractivity contribution >= 4 is 23.1 Å². The molecule has 0 radical (unpaired) electrons. The van der Waals surface area contributed by atoms with Crippen molar-refractivity contribution in [3.05, 3.63) is 65.4 Å². The van der Waals surface area contributed by atoms with Crippen molar-refractivity contribution in [2.45, 2.75) is 20.3 Å². The second kappa shape index (κ2) is 10.6. The topological polar surface area (TPSA) is 71.1 Å². The summed E-state index contributed by atoms with van der Waals surface area (Å²) in [4.78, 5) is 30.4. The average Bonchev–Trinajstić information content (AvgIpc) is 3.06. The van der Waals surface area contributed by atoms with E-state index in [1.807, 2.05) is 62.4 Å². The zero-order valence-electron chi connectivity index (χ0n) is 19.3. The molecule has 2 heterocycles. The van der Waals surface area contributed by atoms with Gasteiger partial charge in [0.25, 0.3) is 11.8 Å². The summed E-state index contributed by atoms with van der Waals surface area (Å²) >= 11 is 0. The fourth-order valence-corrected chi connectivity index (χ4v) is 4.11. The van der Waals surface area contributed by atoms with Gasteiger partial charge in [-0.25, -0.2) is 0 Å². The predicted octanol–water partition coefficient (Wildman–Crippen LogP) is 3.31. The van der Waals surface area contributed by atoms with Crippen molar-refractivity contribution in [1.29, 1.82) is 0 Å². The van der Waals surface area contributed by atoms with Crippen LogP contribution in [0.25, 0.3) is 5.57 Å². The largest absolute Gasteiger partial charge is 0.494 e. The molecule has 0 saturated carbocycles. The number of nitrogens with zero attached hydrogens (tertiary/aromatic N) is 2. The van der Waals surface area contributed by atoms with Crippen LogP contribution in [0.2, 0.25) is 0 Å². The van der Waals surface area contributed by atoms with Gasteiger partial charge in [0.1, 0.15) is 11.4 Å². The molecule has 0 atom stereocenters. The first-order valence-corrected chi connectivity index (χ1v) is 11.5. The molecule has 2 amide bonds. The number of hydrogen-bond donors (Lipinski definition) is 1. The van der Waals surface area contributed by atoms with Crippen molar-refractivity contribution in [2.75, 3.05) is 51.3 Å². The fraction of sp³-hybridized carbons (Fsp3) is 0.385. The van der Waals surface area contributed by atoms with Gasteiger partial charge in [-0.05, 0) is 50.1 Å². The number of carbonyl (C=O) groups is 2. The van der Waals surface area contributed by atoms with Gasteiger partial charge in [-0.15, -0.1) is 0 Å². The molecule has 4 rings (SSSR count). The fourth-order valence-electron chi connectivity index (χ4n) is 4.11. The highest BCUT2D eigenvalue weighted by Crippen LogP contribution is 2.31. The maximum Gasteiger partial charge on any atom is 0.278 e. The molecule has 0 unspecified atom stereocenters. The summed E-state index contributed by atoms with van der Waals surface area (Å²) in [6.07, 6.45) is 0.731. The van der Waals surface area contributed by atoms with E-state index >= 15 is 0 Å². The Morgan fingerprint density at radius 3 is 2.30 bits per heavy atom. The molecule has 7 heteroatoms. The second-order valence-electron chi connectivity index (χ2n) is 8.27. The van der Waals surface area contributed by atoms with E-state index < -0.39 is 0 Å². The van der Waals surface area contributed by atoms with Crippen LogP contribution in [-0.2, 0) is 14.3 Å². The Labute approximate surface area is 195 Å². The average molecular weight is 450 g/mol. The summed E-state index contributed by atoms with van der Waals surface area (Å²) in [5.41, 5.74) is 3.30. The van der Waals surface area contributed by atoms with Gasteiger partial charge in [-0.2, -0.15) is 0 Å². The molecular weight excluding hydrogens is 418 g/mol. The highest BCUT2D eigenvalue weighted by atomic mass is 16.5. The Balaban J connectivity index is 1.54. The van der Waals surface area contributed by atoms with Gasteiger partial charge in [0.05, 0.1) is 25.4 Å². The number of amides is 2. The number of anilines is 1. The molecular formula is C26H31N3O4. The third-order valence-electron chi connectivity index (χ3n) is 5.90. The van der Waals surface area contributed by atoms with Crippen molar-refractivity contribution in [3.8, 4) is 5.75 Å². The molecule has 0 spiro atoms. The minimum absolute atomic E-state index is 0.251. The lowest BCUT2D eigenvalue weighted by atomic mass is 10.0. The van der Waals surface area contributed by atoms with E-state index in [-0.39, 0.29) is 11.8 Å². The first-order valence-electron chi connectivity index (χ1n) is 11.5. The van der Waals surface area contributed by atoms with E-state index in [2.05, 4.69) is 10.2 Å². The molecule has 2 aliphatic heterocycles. The van der Waals surface area contributed by atoms with Crippen LogP contribution in [0.15, 0.2) is 54.2 Å². The van der Waals surface area contributed by atoms with Gasteiger partial charge in [0.2, 0.25) is 0 Å². The predicted molar refractivity (Wildman–Crippen MR) is 128 cm³/mol. The summed E-state index contributed by atoms with van der Waals surface area (Å²) in [7, 11) is 0. The highest BCUT2D eigenvalue weighted by Gasteiger charge is 2.38. The third kappa shape index (κ3) is 5.43. The lowest BCUT2D eigenvalue weighted by Gasteiger charge is -2.27. The highest BCUT2D eigenvalue weighted by molar-refractivity contribution is 6.36. The lowest BCUT2D eigenvalue weighted by Crippen LogP contribution is -2.39. The van der Waals surface area contributed by atoms with E-state index in [0.29, 0.717) is 24.4 Å². The minimum Gasteiger partial charge on any atom is -0.494 e. The molecule has 174 valence electrons. The molecule has 7 nitrogen and oxygen atoms in total. The van der Waals surface area contributed by atoms with Gasteiger partial charge in [-0.1, -0.05) is 29.8 Å². The Kier molecular flexibility index (Phi) is 7.42. The van der Waals surface area contributed by atoms with Crippen LogP contribution in [-0.4, -0.2) is 67.6 Å². The monoisotopic (exact) mass is 449 g/mol. The number of benzene rings is 2. The van der Waals surface area contributed by atoms with Crippen LogP contribution in [0.5, 0.6) is 5.75 Å². The first-order chi connectivity index (χ1) is 16.1. The molecule has 0 aromatic heterocycles. The summed E-state index contributed by atoms with van der Waals surface area (Å²) in [5, 5.41) is 3.21. The van der Waals surface area contributed by atoms with E-state index in [1.54, 1.807) is 0 Å². The van der Waals surface area contributed by atoms with E-state index in [1.165, 1.54) is 4.90 Å². The number of aryl methyl sites for hydroxylation is 1. The summed E-state index contributed by atoms with van der Waals surface area (Å²) in [5.74, 6) is 0.222. The van der Waals surface area contributed by atoms with Crippen LogP contribution in [0.1, 0.15) is 24.5 Å². The van der Waals surface area contributed by atoms with Crippen molar-refractivity contribution in [3.63, 3.8) is 0 Å². The number of morpholine rings is 1. The maximum atomic E-state index is 13.4. The van der Waals surface area contributed by atoms with Gasteiger partial charge < -0.3 is 14.8 Å². The van der Waals surface area contributed by atoms with E-state index in [0.717, 1.165) is 61.8 Å². The van der Waals surface area contributed by atoms with Gasteiger partial charge in [-0.3, -0.25) is 19.4 Å². The molecule has 1 fully saturated rings. The molecule has 1 saturated heterocycles. The van der Waals surface area contributed by atoms with Crippen LogP contribution in [0, 0.1) is 6.92 Å². The molecule has 2 aliphatic rings. The van der Waals surface area contributed by atoms with E-state index in [9.17, 15) is 9.59 Å². The zero-order chi connectivity index (χ0) is 23.2. The first kappa shape index (κ1) is 23.0. The van der Waals surface area contributed by atoms with Gasteiger partial charge in [0, 0.05) is 31.9 Å². The third-order valence-corrected chi connectivity index (χ3v) is 5.90. The number of nitrogens with one attached hydrogen (secondary N) is 1. The van der Waals surface area contributed by atoms with Crippen LogP contribution < -0.4 is 10.1 Å². The van der Waals surface area contributed by atoms with Crippen molar-refractivity contribution < 1.29 is 19.1 Å². The van der Waals surface area contributed by atoms with Gasteiger partial charge in [0.15, 0.2) is 0 Å². The molecule has 0 bridgehead atoms. The lowest BCUT2D eigenvalue weighted by molar-refractivity contribution is -0.136. The molecule has 2 aromatic rings. The Bertz CT molecular complexity index is 1010. The Morgan fingerprint density at radius 2 is 1.64 bits per heavy atom. The molecule has 0 aliphatic carbocycles. The number of imide groups is 1. The van der Waals surface area contributed by atoms with Crippen molar-refractivity contribution in [1.82, 2.24) is 9.80 Å². The minimum atomic E-state index is -0.286. The van der Waals surface area contributed by atoms with E-state index in [4.69, 9.17) is 9.47 Å². The van der Waals surface area contributed by atoms with Crippen molar-refractivity contribution in [2.24, 2.45) is 0 Å². The number of ether oxygens (including phenoxy) is 2. The summed E-state index contributed by atoms with van der Waals surface area (Å²) < 4.78 is 10.9.